The van der Waals surface area contributed by atoms with Crippen molar-refractivity contribution in [3.8, 4) is 0 Å². The molecule has 0 aromatic heterocycles. The van der Waals surface area contributed by atoms with Gasteiger partial charge in [0.1, 0.15) is 12.8 Å². The van der Waals surface area contributed by atoms with Gasteiger partial charge in [0, 0.05) is 36.5 Å². The predicted octanol–water partition coefficient (Wildman–Crippen LogP) is 4.04. The maximum Gasteiger partial charge on any atom is 0.370 e. The molecule has 0 saturated heterocycles. The summed E-state index contributed by atoms with van der Waals surface area (Å²) in [5, 5.41) is 0. The van der Waals surface area contributed by atoms with E-state index in [1.807, 2.05) is 0 Å². The Morgan fingerprint density at radius 2 is 1.14 bits per heavy atom. The summed E-state index contributed by atoms with van der Waals surface area (Å²) < 4.78 is 5.38. The van der Waals surface area contributed by atoms with Crippen LogP contribution >= 0.6 is 0 Å². The zero-order valence-electron chi connectivity index (χ0n) is 16.2. The van der Waals surface area contributed by atoms with E-state index in [0.717, 1.165) is 25.7 Å². The van der Waals surface area contributed by atoms with Gasteiger partial charge in [-0.3, -0.25) is 0 Å². The molecule has 2 nitrogen and oxygen atoms in total. The fourth-order valence-electron chi connectivity index (χ4n) is 6.61. The fourth-order valence-corrected chi connectivity index (χ4v) is 6.61. The lowest BCUT2D eigenvalue weighted by Crippen LogP contribution is -2.54. The Kier molecular flexibility index (Phi) is 2.36. The number of hydrogen-bond donors (Lipinski definition) is 0. The van der Waals surface area contributed by atoms with Crippen molar-refractivity contribution in [2.24, 2.45) is 0 Å². The van der Waals surface area contributed by atoms with Crippen molar-refractivity contribution in [2.75, 3.05) is 0 Å². The van der Waals surface area contributed by atoms with E-state index in [1.54, 1.807) is 11.1 Å². The Labute approximate surface area is 169 Å². The highest BCUT2D eigenvalue weighted by Gasteiger charge is 2.62. The molecule has 1 spiro atoms. The molecule has 29 heavy (non-hydrogen) atoms. The van der Waals surface area contributed by atoms with Crippen LogP contribution in [-0.4, -0.2) is 26.2 Å². The van der Waals surface area contributed by atoms with Crippen LogP contribution in [0.15, 0.2) is 72.1 Å². The van der Waals surface area contributed by atoms with Crippen LogP contribution in [0.1, 0.15) is 33.4 Å². The molecule has 0 radical (unpaired) electrons. The van der Waals surface area contributed by atoms with Gasteiger partial charge in [0.2, 0.25) is 11.4 Å². The van der Waals surface area contributed by atoms with E-state index in [0.29, 0.717) is 0 Å². The SMILES string of the molecule is C1=CC2=[N+]3C1=Cc1cccc4c1CC31Cc3c(cccc3C2)C=C2C=CC(=[N+]21)C4. The smallest absolute Gasteiger partial charge is 0.131 e. The van der Waals surface area contributed by atoms with Crippen LogP contribution in [0, 0.1) is 0 Å². The van der Waals surface area contributed by atoms with Crippen molar-refractivity contribution < 1.29 is 9.15 Å². The third kappa shape index (κ3) is 1.62. The van der Waals surface area contributed by atoms with E-state index >= 15 is 0 Å². The predicted molar refractivity (Wildman–Crippen MR) is 115 cm³/mol. The van der Waals surface area contributed by atoms with Crippen LogP contribution in [0.4, 0.5) is 0 Å². The quantitative estimate of drug-likeness (QED) is 0.616. The monoisotopic (exact) mass is 372 g/mol. The molecule has 2 aromatic rings. The summed E-state index contributed by atoms with van der Waals surface area (Å²) in [7, 11) is 0. The van der Waals surface area contributed by atoms with E-state index in [2.05, 4.69) is 82.0 Å². The van der Waals surface area contributed by atoms with Crippen molar-refractivity contribution in [2.45, 2.75) is 31.3 Å². The summed E-state index contributed by atoms with van der Waals surface area (Å²) in [6, 6.07) is 13.8. The first-order valence-electron chi connectivity index (χ1n) is 10.6. The maximum atomic E-state index is 2.69. The molecule has 0 aliphatic carbocycles. The van der Waals surface area contributed by atoms with E-state index in [-0.39, 0.29) is 5.66 Å². The molecule has 3 bridgehead atoms. The van der Waals surface area contributed by atoms with Crippen LogP contribution < -0.4 is 0 Å². The van der Waals surface area contributed by atoms with Gasteiger partial charge in [0.25, 0.3) is 0 Å². The third-order valence-corrected chi connectivity index (χ3v) is 7.70. The van der Waals surface area contributed by atoms with Crippen LogP contribution in [0.25, 0.3) is 12.2 Å². The summed E-state index contributed by atoms with van der Waals surface area (Å²) in [6.45, 7) is 0. The number of benzene rings is 2. The molecule has 0 unspecified atom stereocenters. The van der Waals surface area contributed by atoms with Crippen LogP contribution in [0.5, 0.6) is 0 Å². The molecule has 0 saturated carbocycles. The van der Waals surface area contributed by atoms with E-state index in [1.165, 1.54) is 45.1 Å². The van der Waals surface area contributed by atoms with Gasteiger partial charge in [0.15, 0.2) is 11.4 Å². The molecule has 0 amide bonds. The topological polar surface area (TPSA) is 6.02 Å². The average molecular weight is 372 g/mol. The lowest BCUT2D eigenvalue weighted by atomic mass is 9.87. The van der Waals surface area contributed by atoms with Crippen LogP contribution in [0.2, 0.25) is 0 Å². The van der Waals surface area contributed by atoms with Gasteiger partial charge < -0.3 is 0 Å². The Morgan fingerprint density at radius 3 is 1.66 bits per heavy atom. The van der Waals surface area contributed by atoms with Gasteiger partial charge in [0.05, 0.1) is 12.8 Å². The molecule has 6 heterocycles. The van der Waals surface area contributed by atoms with Gasteiger partial charge in [-0.05, 0) is 33.4 Å². The molecule has 0 fully saturated rings. The second-order valence-corrected chi connectivity index (χ2v) is 9.12. The van der Waals surface area contributed by atoms with Gasteiger partial charge >= 0.3 is 5.66 Å². The van der Waals surface area contributed by atoms with Crippen molar-refractivity contribution in [3.63, 3.8) is 0 Å². The summed E-state index contributed by atoms with van der Waals surface area (Å²) in [4.78, 5) is 0. The Balaban J connectivity index is 1.61. The second-order valence-electron chi connectivity index (χ2n) is 9.12. The molecule has 6 aliphatic heterocycles. The lowest BCUT2D eigenvalue weighted by molar-refractivity contribution is -0.783. The van der Waals surface area contributed by atoms with E-state index in [4.69, 9.17) is 0 Å². The van der Waals surface area contributed by atoms with Crippen LogP contribution in [0.3, 0.4) is 0 Å². The zero-order valence-corrected chi connectivity index (χ0v) is 16.2. The molecule has 6 aliphatic rings. The maximum absolute atomic E-state index is 2.69. The third-order valence-electron chi connectivity index (χ3n) is 7.70. The second kappa shape index (κ2) is 4.65. The van der Waals surface area contributed by atoms with Crippen molar-refractivity contribution in [1.29, 1.82) is 0 Å². The molecular weight excluding hydrogens is 352 g/mol. The normalized spacial score (nSPS) is 22.8. The highest BCUT2D eigenvalue weighted by molar-refractivity contribution is 5.98. The summed E-state index contributed by atoms with van der Waals surface area (Å²) in [6.07, 6.45) is 18.4. The minimum Gasteiger partial charge on any atom is -0.131 e. The molecule has 8 rings (SSSR count). The Morgan fingerprint density at radius 1 is 0.621 bits per heavy atom. The molecule has 0 atom stereocenters. The molecule has 136 valence electrons. The zero-order chi connectivity index (χ0) is 18.7. The summed E-state index contributed by atoms with van der Waals surface area (Å²) >= 11 is 0. The minimum absolute atomic E-state index is 0.106. The van der Waals surface area contributed by atoms with Gasteiger partial charge in [-0.15, -0.1) is 9.15 Å². The fraction of sp³-hybridized carbons (Fsp3) is 0.185. The highest BCUT2D eigenvalue weighted by Crippen LogP contribution is 2.45. The number of allylic oxidation sites excluding steroid dienone is 4. The Bertz CT molecular complexity index is 1280. The first kappa shape index (κ1) is 14.7. The van der Waals surface area contributed by atoms with Gasteiger partial charge in [-0.1, -0.05) is 36.4 Å². The highest BCUT2D eigenvalue weighted by atomic mass is 15.3. The van der Waals surface area contributed by atoms with Crippen LogP contribution in [-0.2, 0) is 25.7 Å². The number of hydrogen-bond acceptors (Lipinski definition) is 0. The lowest BCUT2D eigenvalue weighted by Gasteiger charge is -2.25. The average Bonchev–Trinajstić information content (AvgIpc) is 3.12. The molecule has 0 N–H and O–H groups in total. The van der Waals surface area contributed by atoms with Crippen molar-refractivity contribution >= 4 is 23.6 Å². The standard InChI is InChI=1S/C27H20N2/c1-3-17-11-21-7-9-23-13-19-5-2-6-20-14-24-10-8-22-12-18(4-1)25(17)15-27(28(21)23,29(22)24)16-26(19)20/h1-11,14H,12-13,15-16H2/q+2. The number of nitrogens with zero attached hydrogens (tertiary/aromatic N) is 2. The first-order valence-corrected chi connectivity index (χ1v) is 10.6. The molecular formula is C27H20N2+2. The van der Waals surface area contributed by atoms with Gasteiger partial charge in [-0.25, -0.2) is 0 Å². The largest absolute Gasteiger partial charge is 0.370 e. The molecule has 2 heteroatoms. The minimum atomic E-state index is -0.106. The molecule has 2 aromatic carbocycles. The van der Waals surface area contributed by atoms with Crippen molar-refractivity contribution in [1.82, 2.24) is 0 Å². The number of rotatable bonds is 0. The summed E-state index contributed by atoms with van der Waals surface area (Å²) in [5.74, 6) is 0. The van der Waals surface area contributed by atoms with Gasteiger partial charge in [-0.2, -0.15) is 0 Å². The van der Waals surface area contributed by atoms with E-state index < -0.39 is 0 Å². The summed E-state index contributed by atoms with van der Waals surface area (Å²) in [5.41, 5.74) is 14.3. The van der Waals surface area contributed by atoms with E-state index in [9.17, 15) is 0 Å². The first-order chi connectivity index (χ1) is 14.3. The Hall–Kier alpha value is -3.26. The van der Waals surface area contributed by atoms with Crippen molar-refractivity contribution in [3.05, 3.63) is 105 Å².